The zero-order valence-corrected chi connectivity index (χ0v) is 14.4. The second-order valence-corrected chi connectivity index (χ2v) is 6.67. The molecule has 5 nitrogen and oxygen atoms in total. The van der Waals surface area contributed by atoms with Crippen LogP contribution in [-0.2, 0) is 16.0 Å². The smallest absolute Gasteiger partial charge is 0.225 e. The molecule has 2 aromatic rings. The largest absolute Gasteiger partial charge is 0.369 e. The molecule has 1 atom stereocenters. The lowest BCUT2D eigenvalue weighted by Gasteiger charge is -2.26. The van der Waals surface area contributed by atoms with Gasteiger partial charge < -0.3 is 10.6 Å². The normalized spacial score (nSPS) is 19.8. The molecular formula is C20H23N3O2. The summed E-state index contributed by atoms with van der Waals surface area (Å²) in [6, 6.07) is 12.1. The van der Waals surface area contributed by atoms with Crippen molar-refractivity contribution < 1.29 is 9.59 Å². The van der Waals surface area contributed by atoms with Crippen molar-refractivity contribution >= 4 is 11.8 Å². The van der Waals surface area contributed by atoms with E-state index in [-0.39, 0.29) is 11.8 Å². The number of hydrogen-bond donors (Lipinski definition) is 1. The molecule has 0 bridgehead atoms. The molecule has 2 N–H and O–H groups in total. The topological polar surface area (TPSA) is 76.3 Å². The highest BCUT2D eigenvalue weighted by atomic mass is 16.2. The molecule has 1 aromatic carbocycles. The third-order valence-electron chi connectivity index (χ3n) is 5.04. The Hall–Kier alpha value is -2.69. The molecule has 0 radical (unpaired) electrons. The van der Waals surface area contributed by atoms with Crippen LogP contribution in [0.3, 0.4) is 0 Å². The van der Waals surface area contributed by atoms with Gasteiger partial charge in [-0.2, -0.15) is 0 Å². The molecule has 1 fully saturated rings. The first kappa shape index (κ1) is 17.1. The van der Waals surface area contributed by atoms with E-state index in [4.69, 9.17) is 5.73 Å². The van der Waals surface area contributed by atoms with Crippen molar-refractivity contribution in [3.8, 4) is 11.1 Å². The number of aromatic nitrogens is 1. The standard InChI is InChI=1S/C20H23N3O2/c1-2-18(24)23-12-9-20(14-23,19(21)25)13-15-3-5-16(6-4-15)17-7-10-22-11-8-17/h3-8,10-11H,2,9,12-14H2,1H3,(H2,21,25)/t20-/m0/s1. The van der Waals surface area contributed by atoms with Crippen LogP contribution < -0.4 is 5.73 Å². The van der Waals surface area contributed by atoms with Gasteiger partial charge in [-0.15, -0.1) is 0 Å². The Balaban J connectivity index is 1.78. The van der Waals surface area contributed by atoms with Crippen molar-refractivity contribution in [2.24, 2.45) is 11.1 Å². The molecule has 0 unspecified atom stereocenters. The molecule has 0 saturated carbocycles. The summed E-state index contributed by atoms with van der Waals surface area (Å²) in [4.78, 5) is 29.9. The Morgan fingerprint density at radius 3 is 2.36 bits per heavy atom. The van der Waals surface area contributed by atoms with E-state index in [1.165, 1.54) is 0 Å². The minimum Gasteiger partial charge on any atom is -0.369 e. The summed E-state index contributed by atoms with van der Waals surface area (Å²) < 4.78 is 0. The van der Waals surface area contributed by atoms with E-state index >= 15 is 0 Å². The molecule has 0 aliphatic carbocycles. The second kappa shape index (κ2) is 7.05. The number of primary amides is 1. The van der Waals surface area contributed by atoms with E-state index in [2.05, 4.69) is 4.98 Å². The SMILES string of the molecule is CCC(=O)N1CC[C@@](Cc2ccc(-c3ccncc3)cc2)(C(N)=O)C1. The van der Waals surface area contributed by atoms with E-state index in [9.17, 15) is 9.59 Å². The predicted molar refractivity (Wildman–Crippen MR) is 96.5 cm³/mol. The molecule has 1 aliphatic rings. The summed E-state index contributed by atoms with van der Waals surface area (Å²) in [5.41, 5.74) is 8.32. The fourth-order valence-corrected chi connectivity index (χ4v) is 3.49. The van der Waals surface area contributed by atoms with Gasteiger partial charge in [0.1, 0.15) is 0 Å². The van der Waals surface area contributed by atoms with E-state index < -0.39 is 5.41 Å². The van der Waals surface area contributed by atoms with Gasteiger partial charge in [0.05, 0.1) is 5.41 Å². The molecule has 25 heavy (non-hydrogen) atoms. The second-order valence-electron chi connectivity index (χ2n) is 6.67. The predicted octanol–water partition coefficient (Wildman–Crippen LogP) is 2.41. The quantitative estimate of drug-likeness (QED) is 0.910. The number of pyridine rings is 1. The zero-order valence-electron chi connectivity index (χ0n) is 14.4. The Morgan fingerprint density at radius 2 is 1.76 bits per heavy atom. The van der Waals surface area contributed by atoms with Crippen molar-refractivity contribution in [3.63, 3.8) is 0 Å². The van der Waals surface area contributed by atoms with Crippen LogP contribution in [0.4, 0.5) is 0 Å². The van der Waals surface area contributed by atoms with Gasteiger partial charge in [-0.25, -0.2) is 0 Å². The highest BCUT2D eigenvalue weighted by Crippen LogP contribution is 2.35. The Labute approximate surface area is 147 Å². The van der Waals surface area contributed by atoms with Gasteiger partial charge in [0.25, 0.3) is 0 Å². The zero-order chi connectivity index (χ0) is 17.9. The molecule has 1 aliphatic heterocycles. The first-order chi connectivity index (χ1) is 12.0. The van der Waals surface area contributed by atoms with E-state index in [0.717, 1.165) is 16.7 Å². The monoisotopic (exact) mass is 337 g/mol. The lowest BCUT2D eigenvalue weighted by Crippen LogP contribution is -2.42. The van der Waals surface area contributed by atoms with Crippen molar-refractivity contribution in [1.29, 1.82) is 0 Å². The van der Waals surface area contributed by atoms with Crippen LogP contribution in [0.15, 0.2) is 48.8 Å². The molecule has 1 aromatic heterocycles. The van der Waals surface area contributed by atoms with E-state index in [1.807, 2.05) is 43.3 Å². The number of hydrogen-bond acceptors (Lipinski definition) is 3. The van der Waals surface area contributed by atoms with Crippen molar-refractivity contribution in [3.05, 3.63) is 54.4 Å². The van der Waals surface area contributed by atoms with Gasteiger partial charge in [0.15, 0.2) is 0 Å². The Bertz CT molecular complexity index is 758. The number of carbonyl (C=O) groups excluding carboxylic acids is 2. The van der Waals surface area contributed by atoms with Crippen LogP contribution in [0.5, 0.6) is 0 Å². The molecule has 130 valence electrons. The van der Waals surface area contributed by atoms with Crippen LogP contribution in [0.25, 0.3) is 11.1 Å². The number of rotatable bonds is 5. The van der Waals surface area contributed by atoms with Gasteiger partial charge in [-0.1, -0.05) is 31.2 Å². The van der Waals surface area contributed by atoms with Crippen molar-refractivity contribution in [2.75, 3.05) is 13.1 Å². The average molecular weight is 337 g/mol. The van der Waals surface area contributed by atoms with Crippen LogP contribution in [0.2, 0.25) is 0 Å². The van der Waals surface area contributed by atoms with Crippen molar-refractivity contribution in [1.82, 2.24) is 9.88 Å². The molecule has 0 spiro atoms. The van der Waals surface area contributed by atoms with Gasteiger partial charge in [0, 0.05) is 31.9 Å². The number of benzene rings is 1. The summed E-state index contributed by atoms with van der Waals surface area (Å²) in [6.45, 7) is 2.86. The average Bonchev–Trinajstić information content (AvgIpc) is 3.08. The highest BCUT2D eigenvalue weighted by molar-refractivity contribution is 5.84. The molecular weight excluding hydrogens is 314 g/mol. The number of nitrogens with two attached hydrogens (primary N) is 1. The molecule has 1 saturated heterocycles. The third-order valence-corrected chi connectivity index (χ3v) is 5.04. The summed E-state index contributed by atoms with van der Waals surface area (Å²) in [5, 5.41) is 0. The lowest BCUT2D eigenvalue weighted by molar-refractivity contribution is -0.131. The molecule has 2 heterocycles. The first-order valence-corrected chi connectivity index (χ1v) is 8.61. The summed E-state index contributed by atoms with van der Waals surface area (Å²) in [6.07, 6.45) is 5.18. The van der Waals surface area contributed by atoms with Crippen LogP contribution in [0, 0.1) is 5.41 Å². The summed E-state index contributed by atoms with van der Waals surface area (Å²) in [7, 11) is 0. The van der Waals surface area contributed by atoms with Crippen LogP contribution in [-0.4, -0.2) is 34.8 Å². The molecule has 2 amide bonds. The summed E-state index contributed by atoms with van der Waals surface area (Å²) >= 11 is 0. The number of nitrogens with zero attached hydrogens (tertiary/aromatic N) is 2. The number of amides is 2. The minimum atomic E-state index is -0.664. The fourth-order valence-electron chi connectivity index (χ4n) is 3.49. The maximum absolute atomic E-state index is 12.2. The van der Waals surface area contributed by atoms with Crippen LogP contribution in [0.1, 0.15) is 25.3 Å². The maximum atomic E-state index is 12.2. The van der Waals surface area contributed by atoms with Crippen molar-refractivity contribution in [2.45, 2.75) is 26.2 Å². The Kier molecular flexibility index (Phi) is 4.83. The lowest BCUT2D eigenvalue weighted by atomic mass is 9.80. The number of carbonyl (C=O) groups is 2. The maximum Gasteiger partial charge on any atom is 0.225 e. The molecule has 3 rings (SSSR count). The van der Waals surface area contributed by atoms with Gasteiger partial charge in [-0.05, 0) is 41.7 Å². The van der Waals surface area contributed by atoms with Crippen LogP contribution >= 0.6 is 0 Å². The third kappa shape index (κ3) is 3.55. The number of likely N-dealkylation sites (tertiary alicyclic amines) is 1. The Morgan fingerprint density at radius 1 is 1.12 bits per heavy atom. The van der Waals surface area contributed by atoms with E-state index in [0.29, 0.717) is 32.4 Å². The van der Waals surface area contributed by atoms with Gasteiger partial charge in [-0.3, -0.25) is 14.6 Å². The van der Waals surface area contributed by atoms with Gasteiger partial charge in [0.2, 0.25) is 11.8 Å². The molecule has 5 heteroatoms. The van der Waals surface area contributed by atoms with E-state index in [1.54, 1.807) is 17.3 Å². The first-order valence-electron chi connectivity index (χ1n) is 8.61. The highest BCUT2D eigenvalue weighted by Gasteiger charge is 2.44. The minimum absolute atomic E-state index is 0.0798. The summed E-state index contributed by atoms with van der Waals surface area (Å²) in [5.74, 6) is -0.242. The van der Waals surface area contributed by atoms with Gasteiger partial charge >= 0.3 is 0 Å². The fraction of sp³-hybridized carbons (Fsp3) is 0.350.